The normalized spacial score (nSPS) is 19.3. The molecule has 0 aliphatic carbocycles. The number of halogens is 1. The standard InChI is InChI=1S/C12H17ClN4O2/c1-3-14-11(18)9-7-19-5-4-17(9)10-6-8(2)15-12(13)16-10/h6,9H,3-5,7H2,1-2H3,(H,14,18). The van der Waals surface area contributed by atoms with Crippen molar-refractivity contribution in [2.24, 2.45) is 0 Å². The van der Waals surface area contributed by atoms with Crippen LogP contribution in [0.4, 0.5) is 5.82 Å². The molecule has 1 aliphatic heterocycles. The van der Waals surface area contributed by atoms with Gasteiger partial charge in [-0.15, -0.1) is 0 Å². The molecule has 2 heterocycles. The highest BCUT2D eigenvalue weighted by atomic mass is 35.5. The van der Waals surface area contributed by atoms with E-state index in [-0.39, 0.29) is 17.2 Å². The number of nitrogens with one attached hydrogen (secondary N) is 1. The number of rotatable bonds is 3. The van der Waals surface area contributed by atoms with Crippen molar-refractivity contribution in [1.82, 2.24) is 15.3 Å². The molecule has 104 valence electrons. The molecule has 1 saturated heterocycles. The second-order valence-electron chi connectivity index (χ2n) is 4.32. The SMILES string of the molecule is CCNC(=O)C1COCCN1c1cc(C)nc(Cl)n1. The molecular formula is C12H17ClN4O2. The summed E-state index contributed by atoms with van der Waals surface area (Å²) >= 11 is 5.88. The van der Waals surface area contributed by atoms with E-state index in [4.69, 9.17) is 16.3 Å². The Kier molecular flexibility index (Phi) is 4.55. The maximum Gasteiger partial charge on any atom is 0.245 e. The fourth-order valence-electron chi connectivity index (χ4n) is 2.05. The Hall–Kier alpha value is -1.40. The van der Waals surface area contributed by atoms with Gasteiger partial charge in [-0.2, -0.15) is 0 Å². The number of amides is 1. The molecule has 6 nitrogen and oxygen atoms in total. The largest absolute Gasteiger partial charge is 0.377 e. The number of hydrogen-bond acceptors (Lipinski definition) is 5. The van der Waals surface area contributed by atoms with E-state index in [1.165, 1.54) is 0 Å². The zero-order chi connectivity index (χ0) is 13.8. The van der Waals surface area contributed by atoms with Crippen molar-refractivity contribution in [2.45, 2.75) is 19.9 Å². The number of carbonyl (C=O) groups excluding carboxylic acids is 1. The van der Waals surface area contributed by atoms with Crippen molar-refractivity contribution < 1.29 is 9.53 Å². The number of aromatic nitrogens is 2. The molecule has 0 spiro atoms. The zero-order valence-corrected chi connectivity index (χ0v) is 11.8. The van der Waals surface area contributed by atoms with Crippen molar-refractivity contribution in [3.05, 3.63) is 17.0 Å². The molecule has 1 fully saturated rings. The van der Waals surface area contributed by atoms with Gasteiger partial charge in [-0.3, -0.25) is 4.79 Å². The van der Waals surface area contributed by atoms with Gasteiger partial charge >= 0.3 is 0 Å². The van der Waals surface area contributed by atoms with Gasteiger partial charge in [0, 0.05) is 24.8 Å². The first-order valence-corrected chi connectivity index (χ1v) is 6.63. The molecule has 1 aromatic heterocycles. The molecule has 0 radical (unpaired) electrons. The number of carbonyl (C=O) groups is 1. The predicted octanol–water partition coefficient (Wildman–Crippen LogP) is 0.780. The van der Waals surface area contributed by atoms with E-state index >= 15 is 0 Å². The number of ether oxygens (including phenoxy) is 1. The van der Waals surface area contributed by atoms with Gasteiger partial charge in [-0.1, -0.05) is 0 Å². The molecule has 0 aromatic carbocycles. The number of hydrogen-bond donors (Lipinski definition) is 1. The summed E-state index contributed by atoms with van der Waals surface area (Å²) in [4.78, 5) is 22.2. The molecule has 0 bridgehead atoms. The van der Waals surface area contributed by atoms with Crippen LogP contribution in [0.25, 0.3) is 0 Å². The predicted molar refractivity (Wildman–Crippen MR) is 72.4 cm³/mol. The molecular weight excluding hydrogens is 268 g/mol. The topological polar surface area (TPSA) is 67.3 Å². The Morgan fingerprint density at radius 3 is 3.11 bits per heavy atom. The lowest BCUT2D eigenvalue weighted by Gasteiger charge is -2.35. The average Bonchev–Trinajstić information content (AvgIpc) is 2.38. The van der Waals surface area contributed by atoms with Gasteiger partial charge in [0.25, 0.3) is 0 Å². The van der Waals surface area contributed by atoms with Crippen molar-refractivity contribution in [3.8, 4) is 0 Å². The maximum atomic E-state index is 12.0. The Bertz CT molecular complexity index is 449. The second-order valence-corrected chi connectivity index (χ2v) is 4.65. The van der Waals surface area contributed by atoms with Crippen LogP contribution in [-0.4, -0.2) is 48.2 Å². The summed E-state index contributed by atoms with van der Waals surface area (Å²) in [5.41, 5.74) is 0.774. The van der Waals surface area contributed by atoms with Gasteiger partial charge in [0.15, 0.2) is 0 Å². The minimum atomic E-state index is -0.376. The number of anilines is 1. The minimum Gasteiger partial charge on any atom is -0.377 e. The maximum absolute atomic E-state index is 12.0. The summed E-state index contributed by atoms with van der Waals surface area (Å²) in [6.07, 6.45) is 0. The number of likely N-dealkylation sites (N-methyl/N-ethyl adjacent to an activating group) is 1. The van der Waals surface area contributed by atoms with Crippen LogP contribution in [0.5, 0.6) is 0 Å². The van der Waals surface area contributed by atoms with Gasteiger partial charge in [-0.05, 0) is 25.4 Å². The zero-order valence-electron chi connectivity index (χ0n) is 11.0. The van der Waals surface area contributed by atoms with Gasteiger partial charge in [0.1, 0.15) is 11.9 Å². The van der Waals surface area contributed by atoms with E-state index in [1.54, 1.807) is 0 Å². The van der Waals surface area contributed by atoms with Crippen molar-refractivity contribution in [2.75, 3.05) is 31.2 Å². The molecule has 1 atom stereocenters. The summed E-state index contributed by atoms with van der Waals surface area (Å²) in [6.45, 7) is 5.85. The van der Waals surface area contributed by atoms with Crippen LogP contribution in [-0.2, 0) is 9.53 Å². The first-order valence-electron chi connectivity index (χ1n) is 6.25. The summed E-state index contributed by atoms with van der Waals surface area (Å²) < 4.78 is 5.38. The fourth-order valence-corrected chi connectivity index (χ4v) is 2.27. The van der Waals surface area contributed by atoms with Gasteiger partial charge < -0.3 is 15.0 Å². The number of morpholine rings is 1. The highest BCUT2D eigenvalue weighted by molar-refractivity contribution is 6.28. The van der Waals surface area contributed by atoms with E-state index in [1.807, 2.05) is 24.8 Å². The molecule has 19 heavy (non-hydrogen) atoms. The van der Waals surface area contributed by atoms with Gasteiger partial charge in [-0.25, -0.2) is 9.97 Å². The number of aryl methyl sites for hydroxylation is 1. The monoisotopic (exact) mass is 284 g/mol. The second kappa shape index (κ2) is 6.16. The minimum absolute atomic E-state index is 0.0606. The van der Waals surface area contributed by atoms with Gasteiger partial charge in [0.05, 0.1) is 13.2 Å². The summed E-state index contributed by atoms with van der Waals surface area (Å²) in [6, 6.07) is 1.45. The van der Waals surface area contributed by atoms with Gasteiger partial charge in [0.2, 0.25) is 11.2 Å². The highest BCUT2D eigenvalue weighted by Gasteiger charge is 2.30. The fraction of sp³-hybridized carbons (Fsp3) is 0.583. The molecule has 2 rings (SSSR count). The Balaban J connectivity index is 2.25. The lowest BCUT2D eigenvalue weighted by atomic mass is 10.2. The molecule has 7 heteroatoms. The van der Waals surface area contributed by atoms with Crippen LogP contribution in [0.2, 0.25) is 5.28 Å². The summed E-state index contributed by atoms with van der Waals surface area (Å²) in [5.74, 6) is 0.603. The van der Waals surface area contributed by atoms with Crippen LogP contribution >= 0.6 is 11.6 Å². The molecule has 1 N–H and O–H groups in total. The first kappa shape index (κ1) is 14.0. The average molecular weight is 285 g/mol. The summed E-state index contributed by atoms with van der Waals surface area (Å²) in [7, 11) is 0. The van der Waals surface area contributed by atoms with E-state index in [2.05, 4.69) is 15.3 Å². The lowest BCUT2D eigenvalue weighted by molar-refractivity contribution is -0.124. The number of nitrogens with zero attached hydrogens (tertiary/aromatic N) is 3. The van der Waals surface area contributed by atoms with Crippen LogP contribution < -0.4 is 10.2 Å². The molecule has 1 aliphatic rings. The van der Waals surface area contributed by atoms with Crippen LogP contribution in [0.15, 0.2) is 6.07 Å². The first-order chi connectivity index (χ1) is 9.11. The molecule has 0 saturated carbocycles. The third kappa shape index (κ3) is 3.33. The van der Waals surface area contributed by atoms with E-state index < -0.39 is 0 Å². The third-order valence-corrected chi connectivity index (χ3v) is 3.06. The van der Waals surface area contributed by atoms with E-state index in [9.17, 15) is 4.79 Å². The molecule has 1 aromatic rings. The Morgan fingerprint density at radius 2 is 2.42 bits per heavy atom. The van der Waals surface area contributed by atoms with Crippen molar-refractivity contribution in [1.29, 1.82) is 0 Å². The molecule has 1 unspecified atom stereocenters. The van der Waals surface area contributed by atoms with Crippen molar-refractivity contribution >= 4 is 23.3 Å². The smallest absolute Gasteiger partial charge is 0.245 e. The summed E-state index contributed by atoms with van der Waals surface area (Å²) in [5, 5.41) is 3.00. The van der Waals surface area contributed by atoms with E-state index in [0.29, 0.717) is 32.1 Å². The Labute approximate surface area is 117 Å². The molecule has 1 amide bonds. The third-order valence-electron chi connectivity index (χ3n) is 2.89. The van der Waals surface area contributed by atoms with Crippen LogP contribution in [0.3, 0.4) is 0 Å². The van der Waals surface area contributed by atoms with Crippen LogP contribution in [0, 0.1) is 6.92 Å². The van der Waals surface area contributed by atoms with E-state index in [0.717, 1.165) is 5.69 Å². The lowest BCUT2D eigenvalue weighted by Crippen LogP contribution is -2.54. The van der Waals surface area contributed by atoms with Crippen molar-refractivity contribution in [3.63, 3.8) is 0 Å². The highest BCUT2D eigenvalue weighted by Crippen LogP contribution is 2.20. The Morgan fingerprint density at radius 1 is 1.63 bits per heavy atom. The quantitative estimate of drug-likeness (QED) is 0.831. The van der Waals surface area contributed by atoms with Crippen LogP contribution in [0.1, 0.15) is 12.6 Å².